The summed E-state index contributed by atoms with van der Waals surface area (Å²) < 4.78 is 5.40. The van der Waals surface area contributed by atoms with Crippen molar-refractivity contribution in [3.63, 3.8) is 0 Å². The van der Waals surface area contributed by atoms with Crippen molar-refractivity contribution in [1.29, 1.82) is 0 Å². The maximum absolute atomic E-state index is 11.3. The van der Waals surface area contributed by atoms with Crippen LogP contribution < -0.4 is 11.0 Å². The molecule has 1 unspecified atom stereocenters. The number of rotatable bonds is 4. The third-order valence-corrected chi connectivity index (χ3v) is 3.49. The van der Waals surface area contributed by atoms with Crippen molar-refractivity contribution >= 4 is 11.0 Å². The number of imidazole rings is 1. The highest BCUT2D eigenvalue weighted by molar-refractivity contribution is 5.75. The van der Waals surface area contributed by atoms with E-state index in [0.717, 1.165) is 34.5 Å². The highest BCUT2D eigenvalue weighted by Crippen LogP contribution is 2.27. The van der Waals surface area contributed by atoms with Gasteiger partial charge in [0, 0.05) is 5.56 Å². The Morgan fingerprint density at radius 2 is 2.05 bits per heavy atom. The Kier molecular flexibility index (Phi) is 3.20. The number of furan rings is 1. The van der Waals surface area contributed by atoms with Gasteiger partial charge in [-0.25, -0.2) is 4.79 Å². The van der Waals surface area contributed by atoms with Crippen LogP contribution in [-0.2, 0) is 0 Å². The van der Waals surface area contributed by atoms with E-state index in [0.29, 0.717) is 0 Å². The predicted molar refractivity (Wildman–Crippen MR) is 77.9 cm³/mol. The van der Waals surface area contributed by atoms with E-state index in [1.807, 2.05) is 31.2 Å². The number of aromatic nitrogens is 2. The molecule has 3 rings (SSSR count). The summed E-state index contributed by atoms with van der Waals surface area (Å²) in [7, 11) is 0. The average Bonchev–Trinajstić information content (AvgIpc) is 3.00. The summed E-state index contributed by atoms with van der Waals surface area (Å²) in [5.41, 5.74) is 3.66. The van der Waals surface area contributed by atoms with E-state index in [1.165, 1.54) is 0 Å². The maximum atomic E-state index is 11.3. The van der Waals surface area contributed by atoms with Gasteiger partial charge in [-0.1, -0.05) is 13.0 Å². The molecule has 0 aliphatic heterocycles. The van der Waals surface area contributed by atoms with Gasteiger partial charge in [0.15, 0.2) is 0 Å². The summed E-state index contributed by atoms with van der Waals surface area (Å²) in [5, 5.41) is 3.45. The molecule has 0 fully saturated rings. The topological polar surface area (TPSA) is 73.8 Å². The summed E-state index contributed by atoms with van der Waals surface area (Å²) in [6.45, 7) is 4.87. The Hall–Kier alpha value is -2.27. The zero-order chi connectivity index (χ0) is 14.1. The molecule has 104 valence electrons. The molecule has 0 bridgehead atoms. The second-order valence-corrected chi connectivity index (χ2v) is 4.81. The van der Waals surface area contributed by atoms with Crippen LogP contribution in [0.5, 0.6) is 0 Å². The van der Waals surface area contributed by atoms with Crippen molar-refractivity contribution in [2.45, 2.75) is 19.9 Å². The largest absolute Gasteiger partial charge is 0.469 e. The van der Waals surface area contributed by atoms with Gasteiger partial charge in [0.2, 0.25) is 0 Å². The van der Waals surface area contributed by atoms with Crippen LogP contribution in [0.2, 0.25) is 0 Å². The second kappa shape index (κ2) is 5.02. The molecule has 5 heteroatoms. The molecule has 3 aromatic rings. The summed E-state index contributed by atoms with van der Waals surface area (Å²) in [6.07, 6.45) is 1.70. The average molecular weight is 271 g/mol. The van der Waals surface area contributed by atoms with Crippen molar-refractivity contribution in [2.75, 3.05) is 6.54 Å². The molecular weight excluding hydrogens is 254 g/mol. The lowest BCUT2D eigenvalue weighted by molar-refractivity contribution is 0.520. The number of fused-ring (bicyclic) bond motifs is 1. The lowest BCUT2D eigenvalue weighted by atomic mass is 9.99. The number of hydrogen-bond acceptors (Lipinski definition) is 3. The van der Waals surface area contributed by atoms with Gasteiger partial charge in [-0.15, -0.1) is 0 Å². The van der Waals surface area contributed by atoms with E-state index in [4.69, 9.17) is 4.42 Å². The zero-order valence-electron chi connectivity index (χ0n) is 11.5. The van der Waals surface area contributed by atoms with E-state index in [9.17, 15) is 4.79 Å². The number of aromatic amines is 2. The van der Waals surface area contributed by atoms with Gasteiger partial charge in [0.05, 0.1) is 23.3 Å². The van der Waals surface area contributed by atoms with E-state index in [2.05, 4.69) is 22.2 Å². The van der Waals surface area contributed by atoms with Crippen LogP contribution >= 0.6 is 0 Å². The third kappa shape index (κ3) is 2.16. The molecule has 0 saturated heterocycles. The lowest BCUT2D eigenvalue weighted by Gasteiger charge is -2.18. The Morgan fingerprint density at radius 1 is 1.25 bits per heavy atom. The molecular formula is C15H17N3O2. The van der Waals surface area contributed by atoms with E-state index in [1.54, 1.807) is 6.26 Å². The van der Waals surface area contributed by atoms with Gasteiger partial charge in [-0.05, 0) is 37.2 Å². The second-order valence-electron chi connectivity index (χ2n) is 4.81. The fourth-order valence-electron chi connectivity index (χ4n) is 2.54. The highest BCUT2D eigenvalue weighted by Gasteiger charge is 2.17. The number of H-pyrrole nitrogens is 2. The van der Waals surface area contributed by atoms with Crippen LogP contribution in [-0.4, -0.2) is 16.5 Å². The van der Waals surface area contributed by atoms with Gasteiger partial charge in [-0.3, -0.25) is 0 Å². The highest BCUT2D eigenvalue weighted by atomic mass is 16.3. The summed E-state index contributed by atoms with van der Waals surface area (Å²) in [6, 6.07) is 7.97. The molecule has 20 heavy (non-hydrogen) atoms. The van der Waals surface area contributed by atoms with Gasteiger partial charge in [0.25, 0.3) is 0 Å². The minimum Gasteiger partial charge on any atom is -0.469 e. The first kappa shape index (κ1) is 12.7. The van der Waals surface area contributed by atoms with Crippen molar-refractivity contribution in [1.82, 2.24) is 15.3 Å². The molecule has 1 aromatic carbocycles. The summed E-state index contributed by atoms with van der Waals surface area (Å²) >= 11 is 0. The molecule has 1 atom stereocenters. The number of benzene rings is 1. The number of hydrogen-bond donors (Lipinski definition) is 3. The summed E-state index contributed by atoms with van der Waals surface area (Å²) in [4.78, 5) is 16.9. The lowest BCUT2D eigenvalue weighted by Crippen LogP contribution is -2.22. The molecule has 0 aliphatic carbocycles. The normalized spacial score (nSPS) is 12.9. The smallest absolute Gasteiger partial charge is 0.323 e. The predicted octanol–water partition coefficient (Wildman–Crippen LogP) is 2.46. The standard InChI is InChI=1S/C15H17N3O2/c1-3-16-14(11-6-7-20-9(11)2)10-4-5-12-13(8-10)18-15(19)17-12/h4-8,14,16H,3H2,1-2H3,(H2,17,18,19). The van der Waals surface area contributed by atoms with Crippen LogP contribution in [0.15, 0.2) is 39.7 Å². The van der Waals surface area contributed by atoms with Crippen molar-refractivity contribution < 1.29 is 4.42 Å². The first-order chi connectivity index (χ1) is 9.69. The Labute approximate surface area is 116 Å². The Bertz CT molecular complexity index is 782. The van der Waals surface area contributed by atoms with Crippen molar-refractivity contribution in [3.8, 4) is 0 Å². The Balaban J connectivity index is 2.09. The van der Waals surface area contributed by atoms with E-state index < -0.39 is 0 Å². The third-order valence-electron chi connectivity index (χ3n) is 3.49. The molecule has 2 aromatic heterocycles. The minimum atomic E-state index is -0.184. The van der Waals surface area contributed by atoms with Gasteiger partial charge in [0.1, 0.15) is 5.76 Å². The molecule has 0 radical (unpaired) electrons. The molecule has 0 saturated carbocycles. The Morgan fingerprint density at radius 3 is 2.75 bits per heavy atom. The van der Waals surface area contributed by atoms with E-state index in [-0.39, 0.29) is 11.7 Å². The van der Waals surface area contributed by atoms with Crippen LogP contribution in [0.1, 0.15) is 29.9 Å². The fourth-order valence-corrected chi connectivity index (χ4v) is 2.54. The van der Waals surface area contributed by atoms with Crippen LogP contribution in [0.4, 0.5) is 0 Å². The van der Waals surface area contributed by atoms with Gasteiger partial charge < -0.3 is 19.7 Å². The van der Waals surface area contributed by atoms with Gasteiger partial charge >= 0.3 is 5.69 Å². The van der Waals surface area contributed by atoms with Crippen LogP contribution in [0.3, 0.4) is 0 Å². The van der Waals surface area contributed by atoms with Crippen molar-refractivity contribution in [2.24, 2.45) is 0 Å². The monoisotopic (exact) mass is 271 g/mol. The van der Waals surface area contributed by atoms with E-state index >= 15 is 0 Å². The minimum absolute atomic E-state index is 0.0570. The van der Waals surface area contributed by atoms with Gasteiger partial charge in [-0.2, -0.15) is 0 Å². The van der Waals surface area contributed by atoms with Crippen molar-refractivity contribution in [3.05, 3.63) is 57.9 Å². The molecule has 0 aliphatic rings. The molecule has 5 nitrogen and oxygen atoms in total. The van der Waals surface area contributed by atoms with Crippen LogP contribution in [0, 0.1) is 6.92 Å². The molecule has 0 spiro atoms. The first-order valence-electron chi connectivity index (χ1n) is 6.68. The molecule has 0 amide bonds. The zero-order valence-corrected chi connectivity index (χ0v) is 11.5. The number of nitrogens with one attached hydrogen (secondary N) is 3. The molecule has 3 N–H and O–H groups in total. The first-order valence-corrected chi connectivity index (χ1v) is 6.68. The maximum Gasteiger partial charge on any atom is 0.323 e. The fraction of sp³-hybridized carbons (Fsp3) is 0.267. The SMILES string of the molecule is CCNC(c1ccc2[nH]c(=O)[nH]c2c1)c1ccoc1C. The summed E-state index contributed by atoms with van der Waals surface area (Å²) in [5.74, 6) is 0.901. The molecule has 2 heterocycles. The number of aryl methyl sites for hydroxylation is 1. The van der Waals surface area contributed by atoms with Crippen LogP contribution in [0.25, 0.3) is 11.0 Å². The quantitative estimate of drug-likeness (QED) is 0.682.